The summed E-state index contributed by atoms with van der Waals surface area (Å²) in [5.41, 5.74) is 1.44. The van der Waals surface area contributed by atoms with Gasteiger partial charge in [0.1, 0.15) is 23.9 Å². The molecule has 0 unspecified atom stereocenters. The fourth-order valence-corrected chi connectivity index (χ4v) is 3.07. The first-order chi connectivity index (χ1) is 11.7. The molecule has 0 saturated heterocycles. The van der Waals surface area contributed by atoms with Crippen LogP contribution < -0.4 is 5.32 Å². The minimum absolute atomic E-state index is 0.0594. The number of allylic oxidation sites excluding steroid dienone is 2. The molecule has 0 atom stereocenters. The zero-order chi connectivity index (χ0) is 17.4. The van der Waals surface area contributed by atoms with Crippen LogP contribution in [0.15, 0.2) is 64.7 Å². The summed E-state index contributed by atoms with van der Waals surface area (Å²) in [7, 11) is 0. The Morgan fingerprint density at radius 1 is 1.00 bits per heavy atom. The van der Waals surface area contributed by atoms with E-state index in [1.54, 1.807) is 30.0 Å². The quantitative estimate of drug-likeness (QED) is 0.614. The third-order valence-corrected chi connectivity index (χ3v) is 4.40. The molecule has 1 N–H and O–H groups in total. The summed E-state index contributed by atoms with van der Waals surface area (Å²) in [6, 6.07) is 20.3. The standard InChI is InChI=1S/C18H11ClN4S/c19-15-5-3-4-13(8-15)12-24-18-7-2-1-6-16(18)23-17(11-22)14(9-20)10-21/h1-8,23H,12H2. The smallest absolute Gasteiger partial charge is 0.163 e. The number of thioether (sulfide) groups is 1. The normalized spacial score (nSPS) is 9.25. The summed E-state index contributed by atoms with van der Waals surface area (Å²) >= 11 is 7.56. The average molecular weight is 351 g/mol. The molecule has 2 aromatic rings. The Morgan fingerprint density at radius 2 is 1.75 bits per heavy atom. The zero-order valence-corrected chi connectivity index (χ0v) is 14.0. The lowest BCUT2D eigenvalue weighted by Crippen LogP contribution is -2.01. The molecule has 0 radical (unpaired) electrons. The van der Waals surface area contributed by atoms with Crippen LogP contribution >= 0.6 is 23.4 Å². The van der Waals surface area contributed by atoms with Crippen molar-refractivity contribution < 1.29 is 0 Å². The maximum absolute atomic E-state index is 9.16. The van der Waals surface area contributed by atoms with Crippen molar-refractivity contribution in [1.82, 2.24) is 0 Å². The second-order valence-electron chi connectivity index (χ2n) is 4.63. The van der Waals surface area contributed by atoms with Gasteiger partial charge in [0, 0.05) is 15.7 Å². The second kappa shape index (κ2) is 8.65. The molecule has 0 spiro atoms. The molecular formula is C18H11ClN4S. The Hall–Kier alpha value is -2.91. The Labute approximate surface area is 149 Å². The van der Waals surface area contributed by atoms with E-state index in [1.807, 2.05) is 48.5 Å². The monoisotopic (exact) mass is 350 g/mol. The van der Waals surface area contributed by atoms with Crippen LogP contribution in [-0.2, 0) is 5.75 Å². The molecule has 6 heteroatoms. The molecule has 24 heavy (non-hydrogen) atoms. The van der Waals surface area contributed by atoms with E-state index in [9.17, 15) is 0 Å². The third kappa shape index (κ3) is 4.54. The Balaban J connectivity index is 2.22. The van der Waals surface area contributed by atoms with E-state index in [4.69, 9.17) is 27.4 Å². The fraction of sp³-hybridized carbons (Fsp3) is 0.0556. The van der Waals surface area contributed by atoms with Gasteiger partial charge in [0.25, 0.3) is 0 Å². The van der Waals surface area contributed by atoms with Crippen LogP contribution in [0.3, 0.4) is 0 Å². The lowest BCUT2D eigenvalue weighted by atomic mass is 10.2. The SMILES string of the molecule is N#CC(C#N)=C(C#N)Nc1ccccc1SCc1cccc(Cl)c1. The van der Waals surface area contributed by atoms with E-state index in [1.165, 1.54) is 0 Å². The molecule has 0 aliphatic rings. The number of anilines is 1. The van der Waals surface area contributed by atoms with Gasteiger partial charge in [-0.1, -0.05) is 35.9 Å². The Morgan fingerprint density at radius 3 is 2.42 bits per heavy atom. The Bertz CT molecular complexity index is 884. The van der Waals surface area contributed by atoms with E-state index in [2.05, 4.69) is 5.32 Å². The highest BCUT2D eigenvalue weighted by Crippen LogP contribution is 2.31. The van der Waals surface area contributed by atoms with Crippen molar-refractivity contribution in [1.29, 1.82) is 15.8 Å². The number of nitriles is 3. The fourth-order valence-electron chi connectivity index (χ4n) is 1.90. The third-order valence-electron chi connectivity index (χ3n) is 3.02. The number of hydrogen-bond donors (Lipinski definition) is 1. The molecule has 2 rings (SSSR count). The highest BCUT2D eigenvalue weighted by atomic mass is 35.5. The van der Waals surface area contributed by atoms with Gasteiger partial charge in [-0.2, -0.15) is 15.8 Å². The van der Waals surface area contributed by atoms with Gasteiger partial charge in [-0.3, -0.25) is 0 Å². The summed E-state index contributed by atoms with van der Waals surface area (Å²) in [5.74, 6) is 0.703. The number of rotatable bonds is 5. The summed E-state index contributed by atoms with van der Waals surface area (Å²) in [4.78, 5) is 0.903. The lowest BCUT2D eigenvalue weighted by molar-refractivity contribution is 1.32. The number of benzene rings is 2. The lowest BCUT2D eigenvalue weighted by Gasteiger charge is -2.11. The number of hydrogen-bond acceptors (Lipinski definition) is 5. The predicted molar refractivity (Wildman–Crippen MR) is 94.9 cm³/mol. The number of nitrogens with zero attached hydrogens (tertiary/aromatic N) is 3. The van der Waals surface area contributed by atoms with E-state index in [0.29, 0.717) is 16.5 Å². The highest BCUT2D eigenvalue weighted by Gasteiger charge is 2.09. The molecular weight excluding hydrogens is 340 g/mol. The number of para-hydroxylation sites is 1. The van der Waals surface area contributed by atoms with Crippen molar-refractivity contribution in [3.05, 3.63) is 70.4 Å². The molecule has 0 saturated carbocycles. The van der Waals surface area contributed by atoms with Gasteiger partial charge in [0.05, 0.1) is 5.69 Å². The van der Waals surface area contributed by atoms with Gasteiger partial charge in [0.15, 0.2) is 5.57 Å². The van der Waals surface area contributed by atoms with Crippen LogP contribution in [0.2, 0.25) is 5.02 Å². The van der Waals surface area contributed by atoms with Gasteiger partial charge in [0.2, 0.25) is 0 Å². The molecule has 0 bridgehead atoms. The van der Waals surface area contributed by atoms with E-state index < -0.39 is 0 Å². The first kappa shape index (κ1) is 17.4. The van der Waals surface area contributed by atoms with Crippen molar-refractivity contribution in [2.75, 3.05) is 5.32 Å². The summed E-state index contributed by atoms with van der Waals surface area (Å²) < 4.78 is 0. The molecule has 0 fully saturated rings. The molecule has 4 nitrogen and oxygen atoms in total. The minimum Gasteiger partial charge on any atom is -0.344 e. The van der Waals surface area contributed by atoms with Gasteiger partial charge < -0.3 is 5.32 Å². The van der Waals surface area contributed by atoms with Gasteiger partial charge in [-0.05, 0) is 29.8 Å². The van der Waals surface area contributed by atoms with Gasteiger partial charge in [-0.15, -0.1) is 11.8 Å². The zero-order valence-electron chi connectivity index (χ0n) is 12.5. The maximum atomic E-state index is 9.16. The maximum Gasteiger partial charge on any atom is 0.163 e. The topological polar surface area (TPSA) is 83.4 Å². The van der Waals surface area contributed by atoms with Crippen molar-refractivity contribution in [3.8, 4) is 18.2 Å². The van der Waals surface area contributed by atoms with Crippen molar-refractivity contribution in [2.45, 2.75) is 10.6 Å². The van der Waals surface area contributed by atoms with Crippen molar-refractivity contribution in [3.63, 3.8) is 0 Å². The van der Waals surface area contributed by atoms with Crippen LogP contribution in [-0.4, -0.2) is 0 Å². The minimum atomic E-state index is -0.243. The Kier molecular flexibility index (Phi) is 6.29. The largest absolute Gasteiger partial charge is 0.344 e. The second-order valence-corrected chi connectivity index (χ2v) is 6.08. The van der Waals surface area contributed by atoms with Crippen molar-refractivity contribution in [2.24, 2.45) is 0 Å². The molecule has 0 aliphatic heterocycles. The first-order valence-corrected chi connectivity index (χ1v) is 8.22. The van der Waals surface area contributed by atoms with E-state index in [-0.39, 0.29) is 11.3 Å². The molecule has 2 aromatic carbocycles. The molecule has 0 amide bonds. The number of nitrogens with one attached hydrogen (secondary N) is 1. The van der Waals surface area contributed by atoms with E-state index >= 15 is 0 Å². The number of halogens is 1. The average Bonchev–Trinajstić information content (AvgIpc) is 2.61. The van der Waals surface area contributed by atoms with Gasteiger partial charge >= 0.3 is 0 Å². The van der Waals surface area contributed by atoms with Crippen molar-refractivity contribution >= 4 is 29.1 Å². The van der Waals surface area contributed by atoms with Crippen LogP contribution in [0.1, 0.15) is 5.56 Å². The highest BCUT2D eigenvalue weighted by molar-refractivity contribution is 7.98. The molecule has 116 valence electrons. The van der Waals surface area contributed by atoms with Gasteiger partial charge in [-0.25, -0.2) is 0 Å². The molecule has 0 aromatic heterocycles. The first-order valence-electron chi connectivity index (χ1n) is 6.85. The summed E-state index contributed by atoms with van der Waals surface area (Å²) in [6.45, 7) is 0. The van der Waals surface area contributed by atoms with E-state index in [0.717, 1.165) is 10.5 Å². The summed E-state index contributed by atoms with van der Waals surface area (Å²) in [5, 5.41) is 30.5. The van der Waals surface area contributed by atoms with Crippen LogP contribution in [0.4, 0.5) is 5.69 Å². The predicted octanol–water partition coefficient (Wildman–Crippen LogP) is 4.87. The van der Waals surface area contributed by atoms with Crippen LogP contribution in [0.25, 0.3) is 0 Å². The molecule has 0 heterocycles. The molecule has 0 aliphatic carbocycles. The summed E-state index contributed by atoms with van der Waals surface area (Å²) in [6.07, 6.45) is 0. The van der Waals surface area contributed by atoms with Crippen LogP contribution in [0, 0.1) is 34.0 Å². The van der Waals surface area contributed by atoms with Crippen LogP contribution in [0.5, 0.6) is 0 Å².